The Balaban J connectivity index is 0.00000116. The number of hydrogen-bond acceptors (Lipinski definition) is 5. The number of rotatable bonds is 3. The molecule has 1 saturated heterocycles. The van der Waals surface area contributed by atoms with Crippen molar-refractivity contribution in [2.75, 3.05) is 32.4 Å². The van der Waals surface area contributed by atoms with Crippen molar-refractivity contribution in [1.29, 1.82) is 0 Å². The normalized spacial score (nSPS) is 18.4. The molecule has 1 aromatic rings. The van der Waals surface area contributed by atoms with E-state index in [-0.39, 0.29) is 5.91 Å². The third kappa shape index (κ3) is 5.87. The fourth-order valence-electron chi connectivity index (χ4n) is 2.14. The molecular formula is C16H28N4OS. The summed E-state index contributed by atoms with van der Waals surface area (Å²) in [5.74, 6) is -0.0818. The highest BCUT2D eigenvalue weighted by atomic mass is 32.2. The number of benzene rings is 1. The lowest BCUT2D eigenvalue weighted by Crippen LogP contribution is -2.37. The molecule has 1 unspecified atom stereocenters. The highest BCUT2D eigenvalue weighted by Gasteiger charge is 2.14. The van der Waals surface area contributed by atoms with Gasteiger partial charge in [0, 0.05) is 36.3 Å². The molecule has 1 aliphatic rings. The third-order valence-electron chi connectivity index (χ3n) is 3.27. The minimum Gasteiger partial charge on any atom is -0.398 e. The molecule has 1 fully saturated rings. The zero-order chi connectivity index (χ0) is 16.4. The second kappa shape index (κ2) is 10.5. The predicted octanol–water partition coefficient (Wildman–Crippen LogP) is 2.05. The van der Waals surface area contributed by atoms with E-state index in [2.05, 4.69) is 16.0 Å². The molecule has 0 bridgehead atoms. The number of anilines is 1. The molecule has 1 aromatic carbocycles. The van der Waals surface area contributed by atoms with E-state index in [0.717, 1.165) is 43.1 Å². The summed E-state index contributed by atoms with van der Waals surface area (Å²) in [5.41, 5.74) is 7.40. The summed E-state index contributed by atoms with van der Waals surface area (Å²) in [6.45, 7) is 7.00. The average molecular weight is 324 g/mol. The largest absolute Gasteiger partial charge is 0.398 e. The van der Waals surface area contributed by atoms with Gasteiger partial charge in [0.15, 0.2) is 0 Å². The van der Waals surface area contributed by atoms with Gasteiger partial charge in [-0.05, 0) is 37.6 Å². The van der Waals surface area contributed by atoms with Crippen LogP contribution in [0.1, 0.15) is 37.0 Å². The van der Waals surface area contributed by atoms with Crippen LogP contribution in [-0.4, -0.2) is 38.0 Å². The number of hydrogen-bond donors (Lipinski definition) is 4. The van der Waals surface area contributed by atoms with Gasteiger partial charge in [0.2, 0.25) is 0 Å². The molecule has 124 valence electrons. The molecule has 2 rings (SSSR count). The van der Waals surface area contributed by atoms with E-state index >= 15 is 0 Å². The Morgan fingerprint density at radius 2 is 2.09 bits per heavy atom. The van der Waals surface area contributed by atoms with Crippen LogP contribution in [0.25, 0.3) is 0 Å². The summed E-state index contributed by atoms with van der Waals surface area (Å²) in [6.07, 6.45) is 2.22. The highest BCUT2D eigenvalue weighted by Crippen LogP contribution is 2.30. The number of nitrogen functional groups attached to an aromatic ring is 1. The number of thioether (sulfide) groups is 1. The first-order valence-corrected chi connectivity index (χ1v) is 8.81. The minimum absolute atomic E-state index is 0.0818. The molecule has 0 spiro atoms. The van der Waals surface area contributed by atoms with Crippen molar-refractivity contribution in [3.63, 3.8) is 0 Å². The van der Waals surface area contributed by atoms with Gasteiger partial charge in [-0.25, -0.2) is 0 Å². The lowest BCUT2D eigenvalue weighted by atomic mass is 10.2. The molecule has 1 atom stereocenters. The van der Waals surface area contributed by atoms with Crippen molar-refractivity contribution in [3.05, 3.63) is 23.8 Å². The SMILES string of the molecule is CC.CNC(=O)c1ccc(N)c(SC2CCCNCCN2)c1. The van der Waals surface area contributed by atoms with E-state index in [1.807, 2.05) is 19.9 Å². The minimum atomic E-state index is -0.0818. The van der Waals surface area contributed by atoms with Crippen molar-refractivity contribution in [1.82, 2.24) is 16.0 Å². The van der Waals surface area contributed by atoms with Crippen molar-refractivity contribution >= 4 is 23.4 Å². The molecule has 22 heavy (non-hydrogen) atoms. The maximum absolute atomic E-state index is 11.7. The summed E-state index contributed by atoms with van der Waals surface area (Å²) < 4.78 is 0. The zero-order valence-electron chi connectivity index (χ0n) is 13.7. The van der Waals surface area contributed by atoms with Gasteiger partial charge in [-0.3, -0.25) is 4.79 Å². The maximum atomic E-state index is 11.7. The van der Waals surface area contributed by atoms with E-state index in [1.54, 1.807) is 30.9 Å². The number of carbonyl (C=O) groups is 1. The Morgan fingerprint density at radius 1 is 1.32 bits per heavy atom. The third-order valence-corrected chi connectivity index (χ3v) is 4.56. The quantitative estimate of drug-likeness (QED) is 0.640. The Labute approximate surface area is 137 Å². The van der Waals surface area contributed by atoms with Crippen LogP contribution in [0.4, 0.5) is 5.69 Å². The fourth-order valence-corrected chi connectivity index (χ4v) is 3.33. The van der Waals surface area contributed by atoms with Gasteiger partial charge in [-0.1, -0.05) is 13.8 Å². The van der Waals surface area contributed by atoms with Gasteiger partial charge in [0.05, 0.1) is 5.37 Å². The van der Waals surface area contributed by atoms with Crippen LogP contribution in [0, 0.1) is 0 Å². The summed E-state index contributed by atoms with van der Waals surface area (Å²) in [6, 6.07) is 5.43. The van der Waals surface area contributed by atoms with Crippen LogP contribution >= 0.6 is 11.8 Å². The van der Waals surface area contributed by atoms with Crippen LogP contribution < -0.4 is 21.7 Å². The van der Waals surface area contributed by atoms with Crippen LogP contribution in [0.2, 0.25) is 0 Å². The molecule has 0 radical (unpaired) electrons. The second-order valence-corrected chi connectivity index (χ2v) is 6.03. The first-order valence-electron chi connectivity index (χ1n) is 7.93. The predicted molar refractivity (Wildman–Crippen MR) is 95.3 cm³/mol. The van der Waals surface area contributed by atoms with Crippen molar-refractivity contribution in [3.8, 4) is 0 Å². The Hall–Kier alpha value is -1.24. The lowest BCUT2D eigenvalue weighted by molar-refractivity contribution is 0.0963. The standard InChI is InChI=1S/C14H22N4OS.C2H6/c1-16-14(19)10-4-5-11(15)12(9-10)20-13-3-2-6-17-7-8-18-13;1-2/h4-5,9,13,17-18H,2-3,6-8,15H2,1H3,(H,16,19);1-2H3. The van der Waals surface area contributed by atoms with Crippen molar-refractivity contribution < 1.29 is 4.79 Å². The van der Waals surface area contributed by atoms with Crippen LogP contribution in [0.15, 0.2) is 23.1 Å². The average Bonchev–Trinajstić information content (AvgIpc) is 2.53. The van der Waals surface area contributed by atoms with Crippen LogP contribution in [-0.2, 0) is 0 Å². The van der Waals surface area contributed by atoms with Gasteiger partial charge in [0.25, 0.3) is 5.91 Å². The van der Waals surface area contributed by atoms with Crippen molar-refractivity contribution in [2.24, 2.45) is 0 Å². The summed E-state index contributed by atoms with van der Waals surface area (Å²) >= 11 is 1.71. The highest BCUT2D eigenvalue weighted by molar-refractivity contribution is 8.00. The molecule has 0 aromatic heterocycles. The molecule has 1 aliphatic heterocycles. The van der Waals surface area contributed by atoms with Gasteiger partial charge in [-0.15, -0.1) is 11.8 Å². The van der Waals surface area contributed by atoms with E-state index < -0.39 is 0 Å². The smallest absolute Gasteiger partial charge is 0.251 e. The van der Waals surface area contributed by atoms with Crippen molar-refractivity contribution in [2.45, 2.75) is 37.0 Å². The molecule has 0 aliphatic carbocycles. The van der Waals surface area contributed by atoms with E-state index in [1.165, 1.54) is 0 Å². The first kappa shape index (κ1) is 18.8. The topological polar surface area (TPSA) is 79.2 Å². The second-order valence-electron chi connectivity index (χ2n) is 4.78. The monoisotopic (exact) mass is 324 g/mol. The number of carbonyl (C=O) groups excluding carboxylic acids is 1. The fraction of sp³-hybridized carbons (Fsp3) is 0.562. The van der Waals surface area contributed by atoms with Crippen LogP contribution in [0.3, 0.4) is 0 Å². The first-order chi connectivity index (χ1) is 10.7. The molecule has 1 amide bonds. The number of nitrogens with one attached hydrogen (secondary N) is 3. The zero-order valence-corrected chi connectivity index (χ0v) is 14.6. The van der Waals surface area contributed by atoms with Gasteiger partial charge in [-0.2, -0.15) is 0 Å². The van der Waals surface area contributed by atoms with Gasteiger partial charge in [0.1, 0.15) is 0 Å². The maximum Gasteiger partial charge on any atom is 0.251 e. The van der Waals surface area contributed by atoms with Gasteiger partial charge < -0.3 is 21.7 Å². The van der Waals surface area contributed by atoms with E-state index in [9.17, 15) is 4.79 Å². The Bertz CT molecular complexity index is 459. The molecule has 5 N–H and O–H groups in total. The van der Waals surface area contributed by atoms with E-state index in [4.69, 9.17) is 5.73 Å². The Kier molecular flexibility index (Phi) is 8.96. The molecule has 1 heterocycles. The lowest BCUT2D eigenvalue weighted by Gasteiger charge is -2.22. The summed E-state index contributed by atoms with van der Waals surface area (Å²) in [7, 11) is 1.63. The molecule has 0 saturated carbocycles. The van der Waals surface area contributed by atoms with E-state index in [0.29, 0.717) is 10.9 Å². The van der Waals surface area contributed by atoms with Crippen LogP contribution in [0.5, 0.6) is 0 Å². The summed E-state index contributed by atoms with van der Waals surface area (Å²) in [5, 5.41) is 9.85. The summed E-state index contributed by atoms with van der Waals surface area (Å²) in [4.78, 5) is 12.7. The molecular weight excluding hydrogens is 296 g/mol. The number of nitrogens with two attached hydrogens (primary N) is 1. The number of amides is 1. The molecule has 5 nitrogen and oxygen atoms in total. The van der Waals surface area contributed by atoms with Gasteiger partial charge >= 0.3 is 0 Å². The Morgan fingerprint density at radius 3 is 2.82 bits per heavy atom. The molecule has 6 heteroatoms.